The number of nitrogens with one attached hydrogen (secondary N) is 2. The van der Waals surface area contributed by atoms with Crippen molar-refractivity contribution in [2.45, 2.75) is 58.3 Å². The third kappa shape index (κ3) is 7.34. The number of pyridine rings is 1. The Morgan fingerprint density at radius 3 is 2.79 bits per heavy atom. The molecule has 0 radical (unpaired) electrons. The Labute approximate surface area is 167 Å². The molecule has 1 aliphatic rings. The van der Waals surface area contributed by atoms with Crippen molar-refractivity contribution < 1.29 is 14.6 Å². The van der Waals surface area contributed by atoms with Crippen molar-refractivity contribution in [3.8, 4) is 0 Å². The van der Waals surface area contributed by atoms with Crippen LogP contribution in [-0.2, 0) is 4.74 Å². The molecule has 1 fully saturated rings. The zero-order chi connectivity index (χ0) is 20.6. The molecular weight excluding hydrogens is 358 g/mol. The van der Waals surface area contributed by atoms with Gasteiger partial charge in [-0.3, -0.25) is 9.98 Å². The molecule has 0 saturated carbocycles. The van der Waals surface area contributed by atoms with Crippen molar-refractivity contribution >= 4 is 12.1 Å². The molecular formula is C20H33N5O3. The van der Waals surface area contributed by atoms with E-state index in [0.29, 0.717) is 25.6 Å². The highest BCUT2D eigenvalue weighted by Gasteiger charge is 2.28. The van der Waals surface area contributed by atoms with Crippen molar-refractivity contribution in [2.75, 3.05) is 26.2 Å². The Kier molecular flexibility index (Phi) is 8.04. The number of carbonyl (C=O) groups is 1. The van der Waals surface area contributed by atoms with Crippen molar-refractivity contribution in [2.24, 2.45) is 4.99 Å². The molecule has 156 valence electrons. The van der Waals surface area contributed by atoms with Gasteiger partial charge in [0.05, 0.1) is 12.6 Å². The minimum atomic E-state index is -0.692. The Bertz CT molecular complexity index is 645. The number of rotatable bonds is 5. The van der Waals surface area contributed by atoms with Gasteiger partial charge < -0.3 is 25.4 Å². The first-order valence-electron chi connectivity index (χ1n) is 9.89. The number of nitrogens with zero attached hydrogens (tertiary/aromatic N) is 3. The molecule has 2 atom stereocenters. The second-order valence-electron chi connectivity index (χ2n) is 7.93. The van der Waals surface area contributed by atoms with Gasteiger partial charge in [-0.05, 0) is 58.2 Å². The topological polar surface area (TPSA) is 99.1 Å². The highest BCUT2D eigenvalue weighted by molar-refractivity contribution is 5.80. The lowest BCUT2D eigenvalue weighted by atomic mass is 10.1. The molecule has 0 bridgehead atoms. The molecule has 28 heavy (non-hydrogen) atoms. The summed E-state index contributed by atoms with van der Waals surface area (Å²) in [5.41, 5.74) is 0.278. The van der Waals surface area contributed by atoms with E-state index in [4.69, 9.17) is 4.74 Å². The largest absolute Gasteiger partial charge is 0.444 e. The van der Waals surface area contributed by atoms with Crippen LogP contribution < -0.4 is 10.6 Å². The van der Waals surface area contributed by atoms with Crippen LogP contribution >= 0.6 is 0 Å². The first-order chi connectivity index (χ1) is 13.3. The van der Waals surface area contributed by atoms with Crippen molar-refractivity contribution in [3.63, 3.8) is 0 Å². The molecule has 8 heteroatoms. The number of ether oxygens (including phenoxy) is 1. The number of aromatic nitrogens is 1. The van der Waals surface area contributed by atoms with E-state index in [2.05, 4.69) is 20.6 Å². The van der Waals surface area contributed by atoms with Gasteiger partial charge in [-0.15, -0.1) is 0 Å². The highest BCUT2D eigenvalue weighted by atomic mass is 16.6. The van der Waals surface area contributed by atoms with E-state index in [1.54, 1.807) is 29.4 Å². The van der Waals surface area contributed by atoms with Crippen LogP contribution in [0.15, 0.2) is 29.5 Å². The summed E-state index contributed by atoms with van der Waals surface area (Å²) >= 11 is 0. The summed E-state index contributed by atoms with van der Waals surface area (Å²) in [6, 6.07) is 3.64. The normalized spacial score (nSPS) is 19.1. The van der Waals surface area contributed by atoms with Gasteiger partial charge in [0.1, 0.15) is 5.60 Å². The summed E-state index contributed by atoms with van der Waals surface area (Å²) in [5, 5.41) is 16.9. The Hall–Kier alpha value is -2.35. The van der Waals surface area contributed by atoms with Gasteiger partial charge in [0.15, 0.2) is 5.96 Å². The van der Waals surface area contributed by atoms with Gasteiger partial charge >= 0.3 is 6.09 Å². The summed E-state index contributed by atoms with van der Waals surface area (Å²) in [5.74, 6) is 0.631. The van der Waals surface area contributed by atoms with Crippen molar-refractivity contribution in [1.82, 2.24) is 20.5 Å². The van der Waals surface area contributed by atoms with Gasteiger partial charge in [0.25, 0.3) is 0 Å². The summed E-state index contributed by atoms with van der Waals surface area (Å²) in [4.78, 5) is 22.5. The van der Waals surface area contributed by atoms with Gasteiger partial charge in [-0.25, -0.2) is 4.79 Å². The van der Waals surface area contributed by atoms with E-state index in [-0.39, 0.29) is 18.7 Å². The number of piperidine rings is 1. The minimum Gasteiger partial charge on any atom is -0.444 e. The van der Waals surface area contributed by atoms with Crippen LogP contribution in [0.3, 0.4) is 0 Å². The fourth-order valence-corrected chi connectivity index (χ4v) is 2.97. The van der Waals surface area contributed by atoms with Crippen LogP contribution in [0.25, 0.3) is 0 Å². The van der Waals surface area contributed by atoms with Gasteiger partial charge in [0, 0.05) is 38.1 Å². The first-order valence-corrected chi connectivity index (χ1v) is 9.89. The van der Waals surface area contributed by atoms with Crippen molar-refractivity contribution in [1.29, 1.82) is 0 Å². The maximum atomic E-state index is 12.3. The number of carbonyl (C=O) groups excluding carboxylic acids is 1. The molecule has 1 saturated heterocycles. The fraction of sp³-hybridized carbons (Fsp3) is 0.650. The molecule has 0 spiro atoms. The predicted octanol–water partition coefficient (Wildman–Crippen LogP) is 2.07. The third-order valence-electron chi connectivity index (χ3n) is 4.27. The lowest BCUT2D eigenvalue weighted by molar-refractivity contribution is 0.0193. The number of amides is 1. The number of hydrogen-bond acceptors (Lipinski definition) is 5. The third-order valence-corrected chi connectivity index (χ3v) is 4.27. The zero-order valence-electron chi connectivity index (χ0n) is 17.3. The molecule has 1 aromatic rings. The number of aliphatic hydroxyl groups excluding tert-OH is 1. The second kappa shape index (κ2) is 10.3. The van der Waals surface area contributed by atoms with E-state index >= 15 is 0 Å². The fourth-order valence-electron chi connectivity index (χ4n) is 2.97. The molecule has 2 heterocycles. The van der Waals surface area contributed by atoms with E-state index in [1.165, 1.54) is 0 Å². The molecule has 0 aliphatic carbocycles. The number of hydrogen-bond donors (Lipinski definition) is 3. The molecule has 0 aromatic carbocycles. The van der Waals surface area contributed by atoms with Gasteiger partial charge in [-0.1, -0.05) is 0 Å². The number of guanidine groups is 1. The van der Waals surface area contributed by atoms with Crippen LogP contribution in [0, 0.1) is 0 Å². The van der Waals surface area contributed by atoms with Crippen LogP contribution in [0.1, 0.15) is 52.2 Å². The summed E-state index contributed by atoms with van der Waals surface area (Å²) < 4.78 is 5.48. The Balaban J connectivity index is 1.94. The Morgan fingerprint density at radius 2 is 2.14 bits per heavy atom. The van der Waals surface area contributed by atoms with Crippen LogP contribution in [0.2, 0.25) is 0 Å². The van der Waals surface area contributed by atoms with E-state index in [9.17, 15) is 9.90 Å². The Morgan fingerprint density at radius 1 is 1.43 bits per heavy atom. The summed E-state index contributed by atoms with van der Waals surface area (Å²) in [7, 11) is 0. The molecule has 1 amide bonds. The molecule has 3 N–H and O–H groups in total. The molecule has 2 rings (SSSR count). The van der Waals surface area contributed by atoms with E-state index in [1.807, 2.05) is 27.7 Å². The zero-order valence-corrected chi connectivity index (χ0v) is 17.3. The molecule has 1 aromatic heterocycles. The van der Waals surface area contributed by atoms with E-state index < -0.39 is 11.7 Å². The average Bonchev–Trinajstić information content (AvgIpc) is 2.65. The predicted molar refractivity (Wildman–Crippen MR) is 109 cm³/mol. The monoisotopic (exact) mass is 391 g/mol. The maximum absolute atomic E-state index is 12.3. The number of likely N-dealkylation sites (tertiary alicyclic amines) is 1. The molecule has 8 nitrogen and oxygen atoms in total. The van der Waals surface area contributed by atoms with Crippen molar-refractivity contribution in [3.05, 3.63) is 30.1 Å². The lowest BCUT2D eigenvalue weighted by Gasteiger charge is -2.35. The molecule has 1 aliphatic heterocycles. The molecule has 2 unspecified atom stereocenters. The van der Waals surface area contributed by atoms with Gasteiger partial charge in [-0.2, -0.15) is 0 Å². The smallest absolute Gasteiger partial charge is 0.410 e. The second-order valence-corrected chi connectivity index (χ2v) is 7.93. The maximum Gasteiger partial charge on any atom is 0.410 e. The number of aliphatic hydroxyl groups is 1. The SMILES string of the molecule is CCNC(=NCC(O)c1ccncc1)NC1CCCN(C(=O)OC(C)(C)C)C1. The average molecular weight is 392 g/mol. The van der Waals surface area contributed by atoms with Gasteiger partial charge in [0.2, 0.25) is 0 Å². The summed E-state index contributed by atoms with van der Waals surface area (Å²) in [6.45, 7) is 9.80. The van der Waals surface area contributed by atoms with Crippen LogP contribution in [-0.4, -0.2) is 64.9 Å². The number of aliphatic imine (C=N–C) groups is 1. The highest BCUT2D eigenvalue weighted by Crippen LogP contribution is 2.16. The minimum absolute atomic E-state index is 0.0807. The van der Waals surface area contributed by atoms with Crippen LogP contribution in [0.4, 0.5) is 4.79 Å². The first kappa shape index (κ1) is 21.9. The standard InChI is InChI=1S/C20H33N5O3/c1-5-22-18(23-13-17(26)15-8-10-21-11-9-15)24-16-7-6-12-25(14-16)19(27)28-20(2,3)4/h8-11,16-17,26H,5-7,12-14H2,1-4H3,(H2,22,23,24). The summed E-state index contributed by atoms with van der Waals surface area (Å²) in [6.07, 6.45) is 4.17. The van der Waals surface area contributed by atoms with Crippen LogP contribution in [0.5, 0.6) is 0 Å². The quantitative estimate of drug-likeness (QED) is 0.525. The lowest BCUT2D eigenvalue weighted by Crippen LogP contribution is -2.53. The van der Waals surface area contributed by atoms with E-state index in [0.717, 1.165) is 18.4 Å².